The summed E-state index contributed by atoms with van der Waals surface area (Å²) in [5.74, 6) is -0.604. The van der Waals surface area contributed by atoms with E-state index < -0.39 is 5.91 Å². The highest BCUT2D eigenvalue weighted by Gasteiger charge is 2.26. The number of likely N-dealkylation sites (N-methyl/N-ethyl adjacent to an activating group) is 1. The molecule has 24 heavy (non-hydrogen) atoms. The molecule has 5 nitrogen and oxygen atoms in total. The fraction of sp³-hybridized carbons (Fsp3) is 0.294. The summed E-state index contributed by atoms with van der Waals surface area (Å²) in [5, 5.41) is 3.47. The number of primary amides is 1. The van der Waals surface area contributed by atoms with Crippen molar-refractivity contribution in [2.45, 2.75) is 19.4 Å². The van der Waals surface area contributed by atoms with E-state index in [-0.39, 0.29) is 12.3 Å². The Morgan fingerprint density at radius 3 is 2.71 bits per heavy atom. The van der Waals surface area contributed by atoms with Crippen LogP contribution in [0.5, 0.6) is 0 Å². The molecule has 0 unspecified atom stereocenters. The first-order chi connectivity index (χ1) is 11.4. The van der Waals surface area contributed by atoms with Crippen LogP contribution in [0.2, 0.25) is 0 Å². The van der Waals surface area contributed by atoms with E-state index in [1.54, 1.807) is 0 Å². The molecule has 0 spiro atoms. The Morgan fingerprint density at radius 2 is 2.04 bits per heavy atom. The number of benzene rings is 1. The molecule has 3 N–H and O–H groups in total. The van der Waals surface area contributed by atoms with Crippen LogP contribution in [-0.2, 0) is 24.2 Å². The molecule has 0 fully saturated rings. The van der Waals surface area contributed by atoms with Crippen molar-refractivity contribution in [3.8, 4) is 0 Å². The van der Waals surface area contributed by atoms with E-state index in [0.717, 1.165) is 39.1 Å². The molecule has 0 radical (unpaired) electrons. The fourth-order valence-electron chi connectivity index (χ4n) is 2.84. The molecule has 0 bridgehead atoms. The molecule has 0 atom stereocenters. The molecule has 0 saturated carbocycles. The van der Waals surface area contributed by atoms with E-state index in [9.17, 15) is 9.59 Å². The van der Waals surface area contributed by atoms with Crippen LogP contribution in [-0.4, -0.2) is 30.3 Å². The monoisotopic (exact) mass is 455 g/mol. The van der Waals surface area contributed by atoms with Gasteiger partial charge < -0.3 is 16.0 Å². The van der Waals surface area contributed by atoms with Crippen molar-refractivity contribution in [1.82, 2.24) is 4.90 Å². The van der Waals surface area contributed by atoms with Crippen molar-refractivity contribution in [2.75, 3.05) is 18.9 Å². The summed E-state index contributed by atoms with van der Waals surface area (Å²) in [7, 11) is 2.04. The fourth-order valence-corrected chi connectivity index (χ4v) is 4.55. The molecule has 1 aliphatic heterocycles. The highest BCUT2D eigenvalue weighted by atomic mass is 127. The average Bonchev–Trinajstić information content (AvgIpc) is 2.86. The van der Waals surface area contributed by atoms with E-state index in [1.807, 2.05) is 31.3 Å². The predicted molar refractivity (Wildman–Crippen MR) is 104 cm³/mol. The Hall–Kier alpha value is -1.45. The largest absolute Gasteiger partial charge is 0.365 e. The molecule has 126 valence electrons. The highest BCUT2D eigenvalue weighted by Crippen LogP contribution is 2.36. The normalized spacial score (nSPS) is 14.2. The van der Waals surface area contributed by atoms with Gasteiger partial charge in [-0.25, -0.2) is 0 Å². The van der Waals surface area contributed by atoms with Crippen LogP contribution in [0.15, 0.2) is 24.3 Å². The molecule has 3 rings (SSSR count). The van der Waals surface area contributed by atoms with Crippen molar-refractivity contribution in [2.24, 2.45) is 5.73 Å². The number of hydrogen-bond acceptors (Lipinski definition) is 4. The van der Waals surface area contributed by atoms with Crippen molar-refractivity contribution in [3.05, 3.63) is 49.4 Å². The lowest BCUT2D eigenvalue weighted by atomic mass is 10.0. The van der Waals surface area contributed by atoms with Gasteiger partial charge in [0.05, 0.1) is 12.0 Å². The first-order valence-corrected chi connectivity index (χ1v) is 9.50. The van der Waals surface area contributed by atoms with Crippen LogP contribution in [0.4, 0.5) is 5.00 Å². The average molecular weight is 455 g/mol. The number of thiophene rings is 1. The Bertz CT molecular complexity index is 786. The molecule has 2 amide bonds. The van der Waals surface area contributed by atoms with Crippen molar-refractivity contribution in [3.63, 3.8) is 0 Å². The second-order valence-corrected chi connectivity index (χ2v) is 8.26. The molecular weight excluding hydrogens is 437 g/mol. The summed E-state index contributed by atoms with van der Waals surface area (Å²) in [6.45, 7) is 1.67. The van der Waals surface area contributed by atoms with Crippen LogP contribution < -0.4 is 11.1 Å². The zero-order chi connectivity index (χ0) is 17.3. The third-order valence-electron chi connectivity index (χ3n) is 4.03. The second kappa shape index (κ2) is 7.20. The molecule has 1 aliphatic rings. The summed E-state index contributed by atoms with van der Waals surface area (Å²) < 4.78 is 1.13. The number of nitrogens with one attached hydrogen (secondary N) is 1. The number of amides is 2. The number of carbonyl (C=O) groups is 2. The maximum atomic E-state index is 12.3. The van der Waals surface area contributed by atoms with Gasteiger partial charge in [-0.3, -0.25) is 9.59 Å². The van der Waals surface area contributed by atoms with Crippen molar-refractivity contribution >= 4 is 50.7 Å². The van der Waals surface area contributed by atoms with Gasteiger partial charge in [-0.15, -0.1) is 11.3 Å². The molecule has 2 heterocycles. The molecule has 7 heteroatoms. The van der Waals surface area contributed by atoms with E-state index in [0.29, 0.717) is 10.6 Å². The maximum absolute atomic E-state index is 12.3. The molecule has 2 aromatic rings. The first-order valence-electron chi connectivity index (χ1n) is 7.61. The summed E-state index contributed by atoms with van der Waals surface area (Å²) in [6.07, 6.45) is 1.06. The zero-order valence-electron chi connectivity index (χ0n) is 13.3. The number of halogens is 1. The van der Waals surface area contributed by atoms with Crippen LogP contribution in [0.1, 0.15) is 26.4 Å². The van der Waals surface area contributed by atoms with E-state index in [2.05, 4.69) is 32.8 Å². The Morgan fingerprint density at radius 1 is 1.33 bits per heavy atom. The van der Waals surface area contributed by atoms with Crippen molar-refractivity contribution in [1.29, 1.82) is 0 Å². The molecule has 1 aromatic heterocycles. The van der Waals surface area contributed by atoms with Gasteiger partial charge in [-0.1, -0.05) is 12.1 Å². The molecule has 1 aromatic carbocycles. The summed E-state index contributed by atoms with van der Waals surface area (Å²) in [4.78, 5) is 27.5. The second-order valence-electron chi connectivity index (χ2n) is 5.91. The van der Waals surface area contributed by atoms with Crippen LogP contribution >= 0.6 is 33.9 Å². The quantitative estimate of drug-likeness (QED) is 0.697. The topological polar surface area (TPSA) is 75.4 Å². The Kier molecular flexibility index (Phi) is 5.21. The van der Waals surface area contributed by atoms with E-state index in [1.165, 1.54) is 11.3 Å². The SMILES string of the molecule is CN1CCc2c(sc(NC(=O)Cc3ccc(I)cc3)c2C(N)=O)C1. The number of carbonyl (C=O) groups excluding carboxylic acids is 2. The van der Waals surface area contributed by atoms with Gasteiger partial charge in [-0.2, -0.15) is 0 Å². The minimum atomic E-state index is -0.471. The number of nitrogens with two attached hydrogens (primary N) is 1. The van der Waals surface area contributed by atoms with Crippen LogP contribution in [0.25, 0.3) is 0 Å². The molecule has 0 aliphatic carbocycles. The van der Waals surface area contributed by atoms with E-state index >= 15 is 0 Å². The third-order valence-corrected chi connectivity index (χ3v) is 5.88. The minimum absolute atomic E-state index is 0.134. The highest BCUT2D eigenvalue weighted by molar-refractivity contribution is 14.1. The third kappa shape index (κ3) is 3.79. The van der Waals surface area contributed by atoms with Gasteiger partial charge in [0.15, 0.2) is 0 Å². The summed E-state index contributed by atoms with van der Waals surface area (Å²) >= 11 is 3.69. The summed E-state index contributed by atoms with van der Waals surface area (Å²) in [5.41, 5.74) is 7.98. The lowest BCUT2D eigenvalue weighted by Gasteiger charge is -2.22. The maximum Gasteiger partial charge on any atom is 0.251 e. The Labute approximate surface area is 158 Å². The smallest absolute Gasteiger partial charge is 0.251 e. The number of hydrogen-bond donors (Lipinski definition) is 2. The van der Waals surface area contributed by atoms with Gasteiger partial charge in [0, 0.05) is 21.5 Å². The predicted octanol–water partition coefficient (Wildman–Crippen LogP) is 2.62. The van der Waals surface area contributed by atoms with Crippen LogP contribution in [0, 0.1) is 3.57 Å². The first kappa shape index (κ1) is 17.4. The number of fused-ring (bicyclic) bond motifs is 1. The van der Waals surface area contributed by atoms with Crippen LogP contribution in [0.3, 0.4) is 0 Å². The van der Waals surface area contributed by atoms with Gasteiger partial charge >= 0.3 is 0 Å². The lowest BCUT2D eigenvalue weighted by molar-refractivity contribution is -0.115. The Balaban J connectivity index is 1.80. The lowest BCUT2D eigenvalue weighted by Crippen LogP contribution is -2.27. The minimum Gasteiger partial charge on any atom is -0.365 e. The number of nitrogens with zero attached hydrogens (tertiary/aromatic N) is 1. The standard InChI is InChI=1S/C17H18IN3O2S/c1-21-7-6-12-13(9-21)24-17(15(12)16(19)23)20-14(22)8-10-2-4-11(18)5-3-10/h2-5H,6-9H2,1H3,(H2,19,23)(H,20,22). The molecular formula is C17H18IN3O2S. The molecule has 0 saturated heterocycles. The summed E-state index contributed by atoms with van der Waals surface area (Å²) in [6, 6.07) is 7.81. The van der Waals surface area contributed by atoms with Crippen molar-refractivity contribution < 1.29 is 9.59 Å². The van der Waals surface area contributed by atoms with E-state index in [4.69, 9.17) is 5.73 Å². The van der Waals surface area contributed by atoms with Gasteiger partial charge in [0.2, 0.25) is 5.91 Å². The van der Waals surface area contributed by atoms with Gasteiger partial charge in [0.25, 0.3) is 5.91 Å². The van der Waals surface area contributed by atoms with Gasteiger partial charge in [-0.05, 0) is 59.3 Å². The van der Waals surface area contributed by atoms with Gasteiger partial charge in [0.1, 0.15) is 5.00 Å². The number of rotatable bonds is 4. The zero-order valence-corrected chi connectivity index (χ0v) is 16.2. The number of anilines is 1.